The second-order valence-corrected chi connectivity index (χ2v) is 10.5. The van der Waals surface area contributed by atoms with E-state index in [1.807, 2.05) is 12.1 Å². The molecule has 4 rings (SSSR count). The van der Waals surface area contributed by atoms with Crippen molar-refractivity contribution in [1.82, 2.24) is 5.43 Å². The first-order valence-electron chi connectivity index (χ1n) is 9.44. The van der Waals surface area contributed by atoms with Crippen LogP contribution < -0.4 is 15.0 Å². The molecule has 31 heavy (non-hydrogen) atoms. The second-order valence-electron chi connectivity index (χ2n) is 6.56. The molecule has 1 fully saturated rings. The Hall–Kier alpha value is -2.73. The van der Waals surface area contributed by atoms with Crippen LogP contribution in [0.2, 0.25) is 0 Å². The van der Waals surface area contributed by atoms with Crippen LogP contribution in [0, 0.1) is 0 Å². The lowest BCUT2D eigenvalue weighted by Gasteiger charge is -2.27. The summed E-state index contributed by atoms with van der Waals surface area (Å²) in [5, 5.41) is 6.84. The molecule has 0 bridgehead atoms. The fourth-order valence-corrected chi connectivity index (χ4v) is 5.96. The molecule has 0 radical (unpaired) electrons. The lowest BCUT2D eigenvalue weighted by Crippen LogP contribution is -2.35. The summed E-state index contributed by atoms with van der Waals surface area (Å²) in [6.07, 6.45) is 1.57. The molecule has 1 aromatic carbocycles. The van der Waals surface area contributed by atoms with Crippen molar-refractivity contribution in [2.45, 2.75) is 4.21 Å². The van der Waals surface area contributed by atoms with Crippen molar-refractivity contribution in [2.75, 3.05) is 35.9 Å². The van der Waals surface area contributed by atoms with E-state index in [-0.39, 0.29) is 15.5 Å². The fourth-order valence-electron chi connectivity index (χ4n) is 2.96. The molecule has 1 aliphatic heterocycles. The van der Waals surface area contributed by atoms with Gasteiger partial charge < -0.3 is 9.64 Å². The van der Waals surface area contributed by atoms with Gasteiger partial charge in [-0.25, -0.2) is 13.8 Å². The smallest absolute Gasteiger partial charge is 0.273 e. The number of para-hydroxylation sites is 1. The van der Waals surface area contributed by atoms with Crippen LogP contribution in [0.15, 0.2) is 63.2 Å². The van der Waals surface area contributed by atoms with Gasteiger partial charge in [-0.3, -0.25) is 9.52 Å². The Kier molecular flexibility index (Phi) is 6.66. The maximum atomic E-state index is 12.6. The molecule has 0 saturated carbocycles. The van der Waals surface area contributed by atoms with Crippen LogP contribution in [0.5, 0.6) is 0 Å². The third-order valence-electron chi connectivity index (χ3n) is 4.47. The van der Waals surface area contributed by atoms with Crippen molar-refractivity contribution in [2.24, 2.45) is 5.10 Å². The number of rotatable bonds is 7. The van der Waals surface area contributed by atoms with E-state index in [1.54, 1.807) is 47.2 Å². The van der Waals surface area contributed by atoms with Crippen molar-refractivity contribution in [3.8, 4) is 0 Å². The zero-order valence-corrected chi connectivity index (χ0v) is 18.8. The largest absolute Gasteiger partial charge is 0.378 e. The summed E-state index contributed by atoms with van der Waals surface area (Å²) in [6.45, 7) is 3.14. The number of carbonyl (C=O) groups excluding carboxylic acids is 1. The normalized spacial score (nSPS) is 14.6. The molecule has 1 amide bonds. The third kappa shape index (κ3) is 5.31. The number of hydrogen-bond donors (Lipinski definition) is 2. The number of amides is 1. The first kappa shape index (κ1) is 21.5. The maximum Gasteiger partial charge on any atom is 0.273 e. The van der Waals surface area contributed by atoms with Gasteiger partial charge in [-0.05, 0) is 35.7 Å². The number of ether oxygens (including phenoxy) is 1. The summed E-state index contributed by atoms with van der Waals surface area (Å²) in [5.74, 6) is -0.509. The zero-order valence-electron chi connectivity index (χ0n) is 16.4. The minimum atomic E-state index is -3.76. The van der Waals surface area contributed by atoms with Gasteiger partial charge in [0.05, 0.1) is 35.7 Å². The number of sulfonamides is 1. The summed E-state index contributed by atoms with van der Waals surface area (Å²) in [5.41, 5.74) is 2.84. The summed E-state index contributed by atoms with van der Waals surface area (Å²) < 4.78 is 33.0. The van der Waals surface area contributed by atoms with Crippen molar-refractivity contribution >= 4 is 55.5 Å². The first-order valence-corrected chi connectivity index (χ1v) is 12.6. The van der Waals surface area contributed by atoms with E-state index in [1.165, 1.54) is 12.1 Å². The minimum absolute atomic E-state index is 0.175. The highest BCUT2D eigenvalue weighted by Crippen LogP contribution is 2.26. The van der Waals surface area contributed by atoms with Crippen LogP contribution in [-0.2, 0) is 14.8 Å². The van der Waals surface area contributed by atoms with E-state index in [2.05, 4.69) is 20.1 Å². The number of thiophene rings is 2. The molecule has 0 spiro atoms. The van der Waals surface area contributed by atoms with E-state index < -0.39 is 15.9 Å². The zero-order chi connectivity index (χ0) is 21.7. The van der Waals surface area contributed by atoms with Gasteiger partial charge in [0, 0.05) is 18.0 Å². The van der Waals surface area contributed by atoms with Gasteiger partial charge in [-0.15, -0.1) is 22.7 Å². The average molecular weight is 477 g/mol. The minimum Gasteiger partial charge on any atom is -0.378 e. The number of carbonyl (C=O) groups is 1. The Morgan fingerprint density at radius 2 is 1.90 bits per heavy atom. The summed E-state index contributed by atoms with van der Waals surface area (Å²) >= 11 is 2.68. The summed E-state index contributed by atoms with van der Waals surface area (Å²) in [4.78, 5) is 15.8. The van der Waals surface area contributed by atoms with Crippen LogP contribution in [0.1, 0.15) is 15.2 Å². The Labute approximate surface area is 188 Å². The number of anilines is 2. The molecule has 0 unspecified atom stereocenters. The molecular formula is C20H20N4O4S3. The average Bonchev–Trinajstić information content (AvgIpc) is 3.47. The molecule has 3 heterocycles. The van der Waals surface area contributed by atoms with Gasteiger partial charge in [0.2, 0.25) is 0 Å². The molecule has 8 nitrogen and oxygen atoms in total. The van der Waals surface area contributed by atoms with Crippen LogP contribution in [0.25, 0.3) is 0 Å². The molecular weight excluding hydrogens is 456 g/mol. The molecule has 0 aliphatic carbocycles. The van der Waals surface area contributed by atoms with Crippen molar-refractivity contribution in [1.29, 1.82) is 0 Å². The van der Waals surface area contributed by atoms with E-state index in [0.29, 0.717) is 13.2 Å². The molecule has 2 N–H and O–H groups in total. The van der Waals surface area contributed by atoms with Gasteiger partial charge in [-0.1, -0.05) is 18.2 Å². The highest BCUT2D eigenvalue weighted by atomic mass is 32.2. The van der Waals surface area contributed by atoms with Gasteiger partial charge in [0.25, 0.3) is 15.9 Å². The second kappa shape index (κ2) is 9.60. The van der Waals surface area contributed by atoms with E-state index >= 15 is 0 Å². The first-order chi connectivity index (χ1) is 15.0. The topological polar surface area (TPSA) is 100 Å². The molecule has 1 saturated heterocycles. The number of nitrogens with zero attached hydrogens (tertiary/aromatic N) is 2. The van der Waals surface area contributed by atoms with E-state index in [0.717, 1.165) is 34.3 Å². The van der Waals surface area contributed by atoms with Gasteiger partial charge >= 0.3 is 0 Å². The number of hydrogen-bond acceptors (Lipinski definition) is 8. The standard InChI is InChI=1S/C20H20N4O4S3/c25-20(22-21-14-15-7-8-18(30-15)24-9-11-28-12-10-24)16-4-1-2-5-17(16)23-31(26,27)19-6-3-13-29-19/h1-8,13-14,23H,9-12H2,(H,22,25)/b21-14+. The predicted octanol–water partition coefficient (Wildman–Crippen LogP) is 3.21. The Morgan fingerprint density at radius 3 is 2.68 bits per heavy atom. The van der Waals surface area contributed by atoms with E-state index in [4.69, 9.17) is 4.74 Å². The van der Waals surface area contributed by atoms with Crippen molar-refractivity contribution < 1.29 is 17.9 Å². The highest BCUT2D eigenvalue weighted by Gasteiger charge is 2.19. The van der Waals surface area contributed by atoms with Gasteiger partial charge in [-0.2, -0.15) is 5.10 Å². The van der Waals surface area contributed by atoms with Crippen LogP contribution in [0.3, 0.4) is 0 Å². The van der Waals surface area contributed by atoms with Crippen molar-refractivity contribution in [3.63, 3.8) is 0 Å². The van der Waals surface area contributed by atoms with Gasteiger partial charge in [0.1, 0.15) is 4.21 Å². The molecule has 0 atom stereocenters. The molecule has 11 heteroatoms. The Balaban J connectivity index is 1.42. The van der Waals surface area contributed by atoms with Crippen LogP contribution in [0.4, 0.5) is 10.7 Å². The quantitative estimate of drug-likeness (QED) is 0.403. The van der Waals surface area contributed by atoms with Crippen molar-refractivity contribution in [3.05, 3.63) is 64.4 Å². The third-order valence-corrected chi connectivity index (χ3v) is 8.31. The number of morpholine rings is 1. The van der Waals surface area contributed by atoms with Crippen LogP contribution in [-0.4, -0.2) is 46.8 Å². The number of hydrazone groups is 1. The van der Waals surface area contributed by atoms with Crippen LogP contribution >= 0.6 is 22.7 Å². The Bertz CT molecular complexity index is 1170. The van der Waals surface area contributed by atoms with Gasteiger partial charge in [0.15, 0.2) is 0 Å². The predicted molar refractivity (Wildman–Crippen MR) is 124 cm³/mol. The number of benzene rings is 1. The molecule has 1 aliphatic rings. The number of nitrogens with one attached hydrogen (secondary N) is 2. The SMILES string of the molecule is O=C(N/N=C/c1ccc(N2CCOCC2)s1)c1ccccc1NS(=O)(=O)c1cccs1. The van der Waals surface area contributed by atoms with E-state index in [9.17, 15) is 13.2 Å². The summed E-state index contributed by atoms with van der Waals surface area (Å²) in [6, 6.07) is 13.5. The Morgan fingerprint density at radius 1 is 1.10 bits per heavy atom. The molecule has 3 aromatic rings. The lowest BCUT2D eigenvalue weighted by molar-refractivity contribution is 0.0956. The summed E-state index contributed by atoms with van der Waals surface area (Å²) in [7, 11) is -3.76. The monoisotopic (exact) mass is 476 g/mol. The lowest BCUT2D eigenvalue weighted by atomic mass is 10.2. The maximum absolute atomic E-state index is 12.6. The highest BCUT2D eigenvalue weighted by molar-refractivity contribution is 7.94. The molecule has 2 aromatic heterocycles. The fraction of sp³-hybridized carbons (Fsp3) is 0.200. The molecule has 162 valence electrons.